The molecule has 0 spiro atoms. The first-order chi connectivity index (χ1) is 8.09. The lowest BCUT2D eigenvalue weighted by atomic mass is 10.2. The minimum atomic E-state index is 0.602. The van der Waals surface area contributed by atoms with Crippen molar-refractivity contribution in [1.82, 2.24) is 5.32 Å². The standard InChI is InChI=1S/C15H26N2/c1-13(2)16-11-5-6-12-17(4)15-9-7-14(3)8-10-15/h7-10,13,16H,5-6,11-12H2,1-4H3. The lowest BCUT2D eigenvalue weighted by Gasteiger charge is -2.19. The van der Waals surface area contributed by atoms with Crippen molar-refractivity contribution in [2.75, 3.05) is 25.0 Å². The Kier molecular flexibility index (Phi) is 6.06. The quantitative estimate of drug-likeness (QED) is 0.729. The number of nitrogens with zero attached hydrogens (tertiary/aromatic N) is 1. The molecule has 17 heavy (non-hydrogen) atoms. The van der Waals surface area contributed by atoms with Gasteiger partial charge in [0.25, 0.3) is 0 Å². The summed E-state index contributed by atoms with van der Waals surface area (Å²) in [5.74, 6) is 0. The molecule has 1 aromatic carbocycles. The molecule has 0 fully saturated rings. The molecule has 1 N–H and O–H groups in total. The van der Waals surface area contributed by atoms with E-state index in [1.54, 1.807) is 0 Å². The molecular formula is C15H26N2. The largest absolute Gasteiger partial charge is 0.375 e. The Balaban J connectivity index is 2.21. The van der Waals surface area contributed by atoms with E-state index in [4.69, 9.17) is 0 Å². The van der Waals surface area contributed by atoms with Crippen molar-refractivity contribution < 1.29 is 0 Å². The molecule has 0 unspecified atom stereocenters. The molecule has 0 radical (unpaired) electrons. The zero-order chi connectivity index (χ0) is 12.7. The van der Waals surface area contributed by atoms with Crippen molar-refractivity contribution in [2.24, 2.45) is 0 Å². The third-order valence-electron chi connectivity index (χ3n) is 2.95. The van der Waals surface area contributed by atoms with Gasteiger partial charge in [-0.15, -0.1) is 0 Å². The van der Waals surface area contributed by atoms with Gasteiger partial charge in [-0.05, 0) is 38.4 Å². The highest BCUT2D eigenvalue weighted by molar-refractivity contribution is 5.46. The number of hydrogen-bond acceptors (Lipinski definition) is 2. The number of anilines is 1. The zero-order valence-electron chi connectivity index (χ0n) is 11.7. The molecule has 0 saturated heterocycles. The van der Waals surface area contributed by atoms with Crippen molar-refractivity contribution >= 4 is 5.69 Å². The highest BCUT2D eigenvalue weighted by atomic mass is 15.1. The average Bonchev–Trinajstić information content (AvgIpc) is 2.29. The molecule has 0 aliphatic carbocycles. The number of nitrogens with one attached hydrogen (secondary N) is 1. The van der Waals surface area contributed by atoms with Crippen LogP contribution in [0.2, 0.25) is 0 Å². The Bertz CT molecular complexity index is 303. The Morgan fingerprint density at radius 2 is 1.76 bits per heavy atom. The van der Waals surface area contributed by atoms with E-state index in [2.05, 4.69) is 62.3 Å². The molecule has 2 heteroatoms. The molecule has 0 saturated carbocycles. The van der Waals surface area contributed by atoms with E-state index in [9.17, 15) is 0 Å². The zero-order valence-corrected chi connectivity index (χ0v) is 11.7. The molecule has 1 aromatic rings. The monoisotopic (exact) mass is 234 g/mol. The maximum Gasteiger partial charge on any atom is 0.0363 e. The number of unbranched alkanes of at least 4 members (excludes halogenated alkanes) is 1. The van der Waals surface area contributed by atoms with Gasteiger partial charge in [-0.1, -0.05) is 31.5 Å². The van der Waals surface area contributed by atoms with Crippen LogP contribution in [0.25, 0.3) is 0 Å². The summed E-state index contributed by atoms with van der Waals surface area (Å²) in [4.78, 5) is 2.33. The second kappa shape index (κ2) is 7.33. The lowest BCUT2D eigenvalue weighted by molar-refractivity contribution is 0.557. The van der Waals surface area contributed by atoms with Gasteiger partial charge in [0, 0.05) is 25.3 Å². The van der Waals surface area contributed by atoms with Crippen LogP contribution in [-0.2, 0) is 0 Å². The topological polar surface area (TPSA) is 15.3 Å². The molecule has 0 bridgehead atoms. The van der Waals surface area contributed by atoms with Crippen LogP contribution in [-0.4, -0.2) is 26.2 Å². The summed E-state index contributed by atoms with van der Waals surface area (Å²) >= 11 is 0. The van der Waals surface area contributed by atoms with Crippen molar-refractivity contribution in [1.29, 1.82) is 0 Å². The van der Waals surface area contributed by atoms with Crippen LogP contribution in [0.15, 0.2) is 24.3 Å². The molecule has 0 aromatic heterocycles. The summed E-state index contributed by atoms with van der Waals surface area (Å²) in [5.41, 5.74) is 2.63. The molecule has 0 aliphatic rings. The maximum atomic E-state index is 3.45. The smallest absolute Gasteiger partial charge is 0.0363 e. The molecule has 0 atom stereocenters. The van der Waals surface area contributed by atoms with Crippen molar-refractivity contribution in [3.63, 3.8) is 0 Å². The molecule has 2 nitrogen and oxygen atoms in total. The summed E-state index contributed by atoms with van der Waals surface area (Å²) < 4.78 is 0. The van der Waals surface area contributed by atoms with Gasteiger partial charge in [0.15, 0.2) is 0 Å². The second-order valence-corrected chi connectivity index (χ2v) is 5.07. The third-order valence-corrected chi connectivity index (χ3v) is 2.95. The van der Waals surface area contributed by atoms with E-state index in [0.717, 1.165) is 13.1 Å². The first kappa shape index (κ1) is 14.0. The van der Waals surface area contributed by atoms with Gasteiger partial charge in [-0.2, -0.15) is 0 Å². The van der Waals surface area contributed by atoms with Gasteiger partial charge in [0.1, 0.15) is 0 Å². The molecule has 0 amide bonds. The van der Waals surface area contributed by atoms with Crippen LogP contribution >= 0.6 is 0 Å². The Labute approximate surface area is 106 Å². The fourth-order valence-corrected chi connectivity index (χ4v) is 1.79. The van der Waals surface area contributed by atoms with E-state index in [1.165, 1.54) is 24.1 Å². The molecule has 0 heterocycles. The Hall–Kier alpha value is -1.02. The SMILES string of the molecule is Cc1ccc(N(C)CCCCNC(C)C)cc1. The molecule has 96 valence electrons. The third kappa shape index (κ3) is 5.73. The average molecular weight is 234 g/mol. The van der Waals surface area contributed by atoms with E-state index >= 15 is 0 Å². The predicted molar refractivity (Wildman–Crippen MR) is 76.8 cm³/mol. The van der Waals surface area contributed by atoms with Crippen molar-refractivity contribution in [2.45, 2.75) is 39.7 Å². The Morgan fingerprint density at radius 1 is 1.12 bits per heavy atom. The van der Waals surface area contributed by atoms with Crippen LogP contribution in [0.1, 0.15) is 32.3 Å². The minimum Gasteiger partial charge on any atom is -0.375 e. The van der Waals surface area contributed by atoms with Crippen LogP contribution in [0.5, 0.6) is 0 Å². The number of aryl methyl sites for hydroxylation is 1. The maximum absolute atomic E-state index is 3.45. The predicted octanol–water partition coefficient (Wildman–Crippen LogP) is 3.21. The van der Waals surface area contributed by atoms with Gasteiger partial charge in [-0.25, -0.2) is 0 Å². The lowest BCUT2D eigenvalue weighted by Crippen LogP contribution is -2.25. The highest BCUT2D eigenvalue weighted by Crippen LogP contribution is 2.13. The summed E-state index contributed by atoms with van der Waals surface area (Å²) in [5, 5.41) is 3.45. The first-order valence-electron chi connectivity index (χ1n) is 6.61. The fraction of sp³-hybridized carbons (Fsp3) is 0.600. The van der Waals surface area contributed by atoms with Crippen molar-refractivity contribution in [3.05, 3.63) is 29.8 Å². The second-order valence-electron chi connectivity index (χ2n) is 5.07. The minimum absolute atomic E-state index is 0.602. The van der Waals surface area contributed by atoms with Gasteiger partial charge in [0.2, 0.25) is 0 Å². The highest BCUT2D eigenvalue weighted by Gasteiger charge is 2.00. The summed E-state index contributed by atoms with van der Waals surface area (Å²) in [6.07, 6.45) is 2.48. The number of rotatable bonds is 7. The van der Waals surface area contributed by atoms with Gasteiger partial charge >= 0.3 is 0 Å². The van der Waals surface area contributed by atoms with Gasteiger partial charge < -0.3 is 10.2 Å². The van der Waals surface area contributed by atoms with Gasteiger partial charge in [0.05, 0.1) is 0 Å². The molecular weight excluding hydrogens is 208 g/mol. The van der Waals surface area contributed by atoms with E-state index in [-0.39, 0.29) is 0 Å². The molecule has 1 rings (SSSR count). The van der Waals surface area contributed by atoms with E-state index in [1.807, 2.05) is 0 Å². The van der Waals surface area contributed by atoms with Crippen LogP contribution in [0.4, 0.5) is 5.69 Å². The summed E-state index contributed by atoms with van der Waals surface area (Å²) in [7, 11) is 2.17. The van der Waals surface area contributed by atoms with Crippen molar-refractivity contribution in [3.8, 4) is 0 Å². The van der Waals surface area contributed by atoms with Gasteiger partial charge in [-0.3, -0.25) is 0 Å². The number of benzene rings is 1. The van der Waals surface area contributed by atoms with Crippen LogP contribution < -0.4 is 10.2 Å². The normalized spacial score (nSPS) is 10.9. The summed E-state index contributed by atoms with van der Waals surface area (Å²) in [6.45, 7) is 8.76. The number of hydrogen-bond donors (Lipinski definition) is 1. The summed E-state index contributed by atoms with van der Waals surface area (Å²) in [6, 6.07) is 9.34. The Morgan fingerprint density at radius 3 is 2.35 bits per heavy atom. The molecule has 0 aliphatic heterocycles. The first-order valence-corrected chi connectivity index (χ1v) is 6.61. The van der Waals surface area contributed by atoms with Crippen LogP contribution in [0.3, 0.4) is 0 Å². The van der Waals surface area contributed by atoms with Crippen LogP contribution in [0, 0.1) is 6.92 Å². The van der Waals surface area contributed by atoms with E-state index < -0.39 is 0 Å². The van der Waals surface area contributed by atoms with E-state index in [0.29, 0.717) is 6.04 Å². The fourth-order valence-electron chi connectivity index (χ4n) is 1.79.